The normalized spacial score (nSPS) is 13.9. The van der Waals surface area contributed by atoms with Crippen LogP contribution in [0.2, 0.25) is 0 Å². The summed E-state index contributed by atoms with van der Waals surface area (Å²) in [6.45, 7) is 6.40. The smallest absolute Gasteiger partial charge is 0.306 e. The largest absolute Gasteiger partial charge is 0.462 e. The van der Waals surface area contributed by atoms with E-state index >= 15 is 0 Å². The third-order valence-electron chi connectivity index (χ3n) is 12.0. The highest BCUT2D eigenvalue weighted by Gasteiger charge is 2.24. The molecule has 0 aliphatic rings. The van der Waals surface area contributed by atoms with E-state index in [1.165, 1.54) is 109 Å². The molecule has 0 spiro atoms. The van der Waals surface area contributed by atoms with Crippen molar-refractivity contribution in [2.24, 2.45) is 0 Å². The van der Waals surface area contributed by atoms with Crippen LogP contribution in [0.15, 0.2) is 85.1 Å². The number of unbranched alkanes of at least 4 members (excludes halogenated alkanes) is 25. The first-order chi connectivity index (χ1) is 32.0. The molecular formula is C59H103NO5. The number of carbonyl (C=O) groups excluding carboxylic acids is 2. The van der Waals surface area contributed by atoms with Gasteiger partial charge >= 0.3 is 5.97 Å². The fraction of sp³-hybridized carbons (Fsp3) is 0.729. The number of carbonyl (C=O) groups is 2. The van der Waals surface area contributed by atoms with Gasteiger partial charge in [-0.2, -0.15) is 0 Å². The molecule has 0 aromatic heterocycles. The van der Waals surface area contributed by atoms with Gasteiger partial charge in [-0.25, -0.2) is 0 Å². The van der Waals surface area contributed by atoms with E-state index in [-0.39, 0.29) is 24.9 Å². The molecule has 6 nitrogen and oxygen atoms in total. The van der Waals surface area contributed by atoms with E-state index in [0.717, 1.165) is 96.3 Å². The third kappa shape index (κ3) is 47.3. The summed E-state index contributed by atoms with van der Waals surface area (Å²) in [6.07, 6.45) is 67.8. The van der Waals surface area contributed by atoms with E-state index in [4.69, 9.17) is 4.74 Å². The molecule has 0 aliphatic heterocycles. The quantitative estimate of drug-likeness (QED) is 0.0245. The van der Waals surface area contributed by atoms with Crippen molar-refractivity contribution in [3.8, 4) is 0 Å². The Morgan fingerprint density at radius 1 is 0.462 bits per heavy atom. The summed E-state index contributed by atoms with van der Waals surface area (Å²) in [7, 11) is 0. The molecule has 374 valence electrons. The second kappa shape index (κ2) is 52.0. The third-order valence-corrected chi connectivity index (χ3v) is 12.0. The molecule has 1 amide bonds. The van der Waals surface area contributed by atoms with Crippen molar-refractivity contribution in [3.05, 3.63) is 85.1 Å². The molecule has 0 bridgehead atoms. The van der Waals surface area contributed by atoms with Crippen LogP contribution in [0, 0.1) is 0 Å². The predicted molar refractivity (Wildman–Crippen MR) is 282 cm³/mol. The lowest BCUT2D eigenvalue weighted by Gasteiger charge is -2.24. The number of hydrogen-bond acceptors (Lipinski definition) is 5. The van der Waals surface area contributed by atoms with E-state index < -0.39 is 18.2 Å². The van der Waals surface area contributed by atoms with E-state index in [0.29, 0.717) is 19.3 Å². The van der Waals surface area contributed by atoms with Gasteiger partial charge in [0.1, 0.15) is 6.10 Å². The molecule has 0 saturated heterocycles. The molecule has 3 unspecified atom stereocenters. The minimum absolute atomic E-state index is 0.0382. The zero-order valence-electron chi connectivity index (χ0n) is 42.6. The lowest BCUT2D eigenvalue weighted by molar-refractivity contribution is -0.151. The summed E-state index contributed by atoms with van der Waals surface area (Å²) in [6, 6.07) is -0.723. The van der Waals surface area contributed by atoms with Crippen LogP contribution in [-0.2, 0) is 14.3 Å². The molecule has 65 heavy (non-hydrogen) atoms. The number of amides is 1. The Labute approximate surface area is 402 Å². The summed E-state index contributed by atoms with van der Waals surface area (Å²) in [5, 5.41) is 23.8. The van der Waals surface area contributed by atoms with Crippen molar-refractivity contribution < 1.29 is 24.5 Å². The number of hydrogen-bond donors (Lipinski definition) is 3. The van der Waals surface area contributed by atoms with Crippen LogP contribution in [0.1, 0.15) is 252 Å². The maximum absolute atomic E-state index is 13.2. The van der Waals surface area contributed by atoms with Gasteiger partial charge in [0.2, 0.25) is 5.91 Å². The van der Waals surface area contributed by atoms with E-state index in [1.54, 1.807) is 0 Å². The predicted octanol–water partition coefficient (Wildman–Crippen LogP) is 16.7. The van der Waals surface area contributed by atoms with Gasteiger partial charge in [-0.15, -0.1) is 0 Å². The minimum atomic E-state index is -0.806. The van der Waals surface area contributed by atoms with Gasteiger partial charge < -0.3 is 20.3 Å². The highest BCUT2D eigenvalue weighted by molar-refractivity contribution is 5.77. The van der Waals surface area contributed by atoms with E-state index in [2.05, 4.69) is 111 Å². The van der Waals surface area contributed by atoms with Crippen LogP contribution in [0.5, 0.6) is 0 Å². The number of rotatable bonds is 48. The summed E-state index contributed by atoms with van der Waals surface area (Å²) in [4.78, 5) is 26.2. The van der Waals surface area contributed by atoms with Crippen LogP contribution in [-0.4, -0.2) is 46.9 Å². The SMILES string of the molecule is CCCCC/C=C\C/C=C\C/C=C\CCCCC(CC(=O)NC(CO)C(O)CCCCCCCCCCCCCCC)OC(=O)CCCCCCC/C=C/C=C/C=C/C=C/CCCCC. The zero-order valence-corrected chi connectivity index (χ0v) is 42.6. The van der Waals surface area contributed by atoms with Gasteiger partial charge in [-0.1, -0.05) is 234 Å². The number of ether oxygens (including phenoxy) is 1. The van der Waals surface area contributed by atoms with Crippen LogP contribution >= 0.6 is 0 Å². The molecule has 0 aromatic carbocycles. The molecule has 0 heterocycles. The summed E-state index contributed by atoms with van der Waals surface area (Å²) in [5.74, 6) is -0.540. The van der Waals surface area contributed by atoms with Crippen LogP contribution in [0.25, 0.3) is 0 Å². The van der Waals surface area contributed by atoms with Crippen molar-refractivity contribution in [2.75, 3.05) is 6.61 Å². The van der Waals surface area contributed by atoms with Crippen molar-refractivity contribution in [1.82, 2.24) is 5.32 Å². The molecule has 0 radical (unpaired) electrons. The van der Waals surface area contributed by atoms with Gasteiger partial charge in [-0.3, -0.25) is 9.59 Å². The fourth-order valence-corrected chi connectivity index (χ4v) is 7.86. The maximum atomic E-state index is 13.2. The second-order valence-corrected chi connectivity index (χ2v) is 18.4. The topological polar surface area (TPSA) is 95.9 Å². The van der Waals surface area contributed by atoms with Gasteiger partial charge in [0, 0.05) is 6.42 Å². The Morgan fingerprint density at radius 2 is 0.846 bits per heavy atom. The van der Waals surface area contributed by atoms with Crippen molar-refractivity contribution in [3.63, 3.8) is 0 Å². The monoisotopic (exact) mass is 906 g/mol. The molecule has 0 saturated carbocycles. The van der Waals surface area contributed by atoms with Crippen LogP contribution in [0.3, 0.4) is 0 Å². The number of allylic oxidation sites excluding steroid dienone is 14. The first-order valence-corrected chi connectivity index (χ1v) is 27.4. The summed E-state index contributed by atoms with van der Waals surface area (Å²) in [5.41, 5.74) is 0. The molecule has 0 fully saturated rings. The Balaban J connectivity index is 4.70. The summed E-state index contributed by atoms with van der Waals surface area (Å²) >= 11 is 0. The summed E-state index contributed by atoms with van der Waals surface area (Å²) < 4.78 is 5.92. The molecule has 3 atom stereocenters. The minimum Gasteiger partial charge on any atom is -0.462 e. The highest BCUT2D eigenvalue weighted by Crippen LogP contribution is 2.17. The lowest BCUT2D eigenvalue weighted by Crippen LogP contribution is -2.46. The average molecular weight is 906 g/mol. The average Bonchev–Trinajstić information content (AvgIpc) is 3.30. The Hall–Kier alpha value is -2.96. The van der Waals surface area contributed by atoms with E-state index in [1.807, 2.05) is 0 Å². The number of esters is 1. The molecule has 0 rings (SSSR count). The highest BCUT2D eigenvalue weighted by atomic mass is 16.5. The number of aliphatic hydroxyl groups is 2. The van der Waals surface area contributed by atoms with Crippen LogP contribution in [0.4, 0.5) is 0 Å². The maximum Gasteiger partial charge on any atom is 0.306 e. The molecule has 3 N–H and O–H groups in total. The number of nitrogens with one attached hydrogen (secondary N) is 1. The van der Waals surface area contributed by atoms with Gasteiger partial charge in [0.25, 0.3) is 0 Å². The van der Waals surface area contributed by atoms with E-state index in [9.17, 15) is 19.8 Å². The van der Waals surface area contributed by atoms with Crippen LogP contribution < -0.4 is 5.32 Å². The zero-order chi connectivity index (χ0) is 47.4. The standard InChI is InChI=1S/C59H103NO5/c1-4-7-10-13-16-19-22-25-27-28-29-31-34-37-40-43-46-49-52-59(64)65-55(50-47-44-41-38-35-33-30-26-23-20-17-14-11-8-5-2)53-58(63)60-56(54-61)57(62)51-48-45-42-39-36-32-24-21-18-15-12-9-6-3/h16-17,19-20,22,25-31,35,38,55-57,61-62H,4-15,18,21,23-24,32-34,36-37,39-54H2,1-3H3,(H,60,63)/b19-16+,20-17-,25-22+,28-27+,30-26-,31-29+,38-35-. The number of aliphatic hydroxyl groups excluding tert-OH is 2. The lowest BCUT2D eigenvalue weighted by atomic mass is 10.0. The molecule has 0 aromatic rings. The Kier molecular flexibility index (Phi) is 49.6. The van der Waals surface area contributed by atoms with Crippen molar-refractivity contribution >= 4 is 11.9 Å². The Morgan fingerprint density at radius 3 is 1.37 bits per heavy atom. The van der Waals surface area contributed by atoms with Gasteiger partial charge in [0.05, 0.1) is 25.2 Å². The first kappa shape index (κ1) is 62.0. The Bertz CT molecular complexity index is 1250. The first-order valence-electron chi connectivity index (χ1n) is 27.4. The van der Waals surface area contributed by atoms with Crippen molar-refractivity contribution in [2.45, 2.75) is 270 Å². The fourth-order valence-electron chi connectivity index (χ4n) is 7.86. The molecular weight excluding hydrogens is 803 g/mol. The molecule has 0 aliphatic carbocycles. The van der Waals surface area contributed by atoms with Gasteiger partial charge in [0.15, 0.2) is 0 Å². The second-order valence-electron chi connectivity index (χ2n) is 18.4. The van der Waals surface area contributed by atoms with Gasteiger partial charge in [-0.05, 0) is 89.9 Å². The van der Waals surface area contributed by atoms with Crippen molar-refractivity contribution in [1.29, 1.82) is 0 Å². The molecule has 6 heteroatoms.